The molecule has 0 amide bonds. The molecule has 4 heteroatoms. The number of hydrogen-bond acceptors (Lipinski definition) is 4. The van der Waals surface area contributed by atoms with Gasteiger partial charge >= 0.3 is 0 Å². The van der Waals surface area contributed by atoms with E-state index in [9.17, 15) is 0 Å². The van der Waals surface area contributed by atoms with E-state index in [1.54, 1.807) is 6.33 Å². The molecule has 1 aromatic carbocycles. The molecule has 0 spiro atoms. The highest BCUT2D eigenvalue weighted by Gasteiger charge is 2.14. The van der Waals surface area contributed by atoms with Crippen LogP contribution in [0.5, 0.6) is 11.6 Å². The summed E-state index contributed by atoms with van der Waals surface area (Å²) < 4.78 is 5.91. The molecule has 0 fully saturated rings. The number of aromatic nitrogens is 2. The summed E-state index contributed by atoms with van der Waals surface area (Å²) in [4.78, 5) is 8.35. The maximum atomic E-state index is 5.91. The molecule has 2 aromatic rings. The zero-order chi connectivity index (χ0) is 13.1. The summed E-state index contributed by atoms with van der Waals surface area (Å²) in [5.74, 6) is 1.45. The first-order chi connectivity index (χ1) is 9.36. The predicted molar refractivity (Wildman–Crippen MR) is 74.7 cm³/mol. The van der Waals surface area contributed by atoms with Gasteiger partial charge in [0.25, 0.3) is 0 Å². The lowest BCUT2D eigenvalue weighted by molar-refractivity contribution is 0.460. The monoisotopic (exact) mass is 255 g/mol. The third kappa shape index (κ3) is 2.52. The fourth-order valence-electron chi connectivity index (χ4n) is 2.30. The molecule has 0 aliphatic carbocycles. The molecule has 19 heavy (non-hydrogen) atoms. The Balaban J connectivity index is 1.90. The van der Waals surface area contributed by atoms with Gasteiger partial charge in [-0.15, -0.1) is 0 Å². The average Bonchev–Trinajstić information content (AvgIpc) is 2.48. The van der Waals surface area contributed by atoms with E-state index in [0.29, 0.717) is 5.88 Å². The molecule has 98 valence electrons. The fraction of sp³-hybridized carbons (Fsp3) is 0.333. The zero-order valence-corrected chi connectivity index (χ0v) is 11.0. The molecule has 0 atom stereocenters. The van der Waals surface area contributed by atoms with Crippen LogP contribution in [0, 0.1) is 0 Å². The third-order valence-corrected chi connectivity index (χ3v) is 3.31. The van der Waals surface area contributed by atoms with E-state index < -0.39 is 0 Å². The molecule has 1 N–H and O–H groups in total. The molecule has 2 heterocycles. The molecule has 0 unspecified atom stereocenters. The summed E-state index contributed by atoms with van der Waals surface area (Å²) in [6.07, 6.45) is 4.70. The second-order valence-electron chi connectivity index (χ2n) is 4.62. The van der Waals surface area contributed by atoms with Gasteiger partial charge in [-0.3, -0.25) is 0 Å². The van der Waals surface area contributed by atoms with E-state index in [1.807, 2.05) is 18.2 Å². The number of benzene rings is 1. The Kier molecular flexibility index (Phi) is 3.31. The van der Waals surface area contributed by atoms with E-state index in [-0.39, 0.29) is 0 Å². The smallest absolute Gasteiger partial charge is 0.222 e. The number of hydrogen-bond donors (Lipinski definition) is 1. The number of rotatable bonds is 3. The molecule has 1 aromatic heterocycles. The Morgan fingerprint density at radius 3 is 3.16 bits per heavy atom. The topological polar surface area (TPSA) is 47.0 Å². The van der Waals surface area contributed by atoms with Crippen molar-refractivity contribution >= 4 is 5.69 Å². The Bertz CT molecular complexity index is 583. The van der Waals surface area contributed by atoms with Crippen molar-refractivity contribution in [2.75, 3.05) is 11.9 Å². The van der Waals surface area contributed by atoms with Gasteiger partial charge in [-0.05, 0) is 30.9 Å². The normalized spacial score (nSPS) is 13.5. The lowest BCUT2D eigenvalue weighted by Crippen LogP contribution is -2.12. The van der Waals surface area contributed by atoms with Gasteiger partial charge in [0.2, 0.25) is 5.88 Å². The van der Waals surface area contributed by atoms with Crippen LogP contribution in [0.25, 0.3) is 0 Å². The zero-order valence-electron chi connectivity index (χ0n) is 11.0. The van der Waals surface area contributed by atoms with E-state index in [4.69, 9.17) is 4.74 Å². The molecule has 3 rings (SSSR count). The maximum absolute atomic E-state index is 5.91. The summed E-state index contributed by atoms with van der Waals surface area (Å²) in [6, 6.07) is 8.04. The molecule has 0 saturated heterocycles. The number of aryl methyl sites for hydroxylation is 2. The van der Waals surface area contributed by atoms with Crippen LogP contribution in [-0.2, 0) is 12.8 Å². The fourth-order valence-corrected chi connectivity index (χ4v) is 2.30. The van der Waals surface area contributed by atoms with Crippen LogP contribution in [0.15, 0.2) is 30.6 Å². The van der Waals surface area contributed by atoms with Gasteiger partial charge in [-0.25, -0.2) is 9.97 Å². The number of nitrogens with zero attached hydrogens (tertiary/aromatic N) is 2. The average molecular weight is 255 g/mol. The quantitative estimate of drug-likeness (QED) is 0.915. The van der Waals surface area contributed by atoms with Gasteiger partial charge in [0.1, 0.15) is 6.33 Å². The van der Waals surface area contributed by atoms with Crippen LogP contribution < -0.4 is 10.1 Å². The first kappa shape index (κ1) is 12.0. The molecular weight excluding hydrogens is 238 g/mol. The van der Waals surface area contributed by atoms with E-state index >= 15 is 0 Å². The van der Waals surface area contributed by atoms with E-state index in [1.165, 1.54) is 12.0 Å². The second kappa shape index (κ2) is 5.26. The standard InChI is InChI=1S/C15H17N3O/c1-2-12-9-14(18-10-17-12)19-13-7-3-5-11-6-4-8-16-15(11)13/h3,5,7,9-10,16H,2,4,6,8H2,1H3. The summed E-state index contributed by atoms with van der Waals surface area (Å²) in [7, 11) is 0. The highest BCUT2D eigenvalue weighted by Crippen LogP contribution is 2.34. The lowest BCUT2D eigenvalue weighted by Gasteiger charge is -2.20. The Morgan fingerprint density at radius 1 is 1.32 bits per heavy atom. The van der Waals surface area contributed by atoms with Crippen LogP contribution in [0.4, 0.5) is 5.69 Å². The molecule has 1 aliphatic rings. The van der Waals surface area contributed by atoms with Crippen molar-refractivity contribution in [3.05, 3.63) is 41.9 Å². The van der Waals surface area contributed by atoms with Gasteiger partial charge in [0.05, 0.1) is 5.69 Å². The van der Waals surface area contributed by atoms with E-state index in [2.05, 4.69) is 28.3 Å². The summed E-state index contributed by atoms with van der Waals surface area (Å²) in [5.41, 5.74) is 3.40. The Labute approximate surface area is 112 Å². The van der Waals surface area contributed by atoms with Crippen molar-refractivity contribution in [2.45, 2.75) is 26.2 Å². The summed E-state index contributed by atoms with van der Waals surface area (Å²) >= 11 is 0. The van der Waals surface area contributed by atoms with E-state index in [0.717, 1.165) is 36.5 Å². The minimum Gasteiger partial charge on any atom is -0.437 e. The minimum absolute atomic E-state index is 0.604. The summed E-state index contributed by atoms with van der Waals surface area (Å²) in [5, 5.41) is 3.41. The highest BCUT2D eigenvalue weighted by molar-refractivity contribution is 5.64. The molecule has 0 saturated carbocycles. The van der Waals surface area contributed by atoms with Crippen molar-refractivity contribution in [3.63, 3.8) is 0 Å². The van der Waals surface area contributed by atoms with Crippen LogP contribution in [0.1, 0.15) is 24.6 Å². The van der Waals surface area contributed by atoms with Crippen molar-refractivity contribution in [1.29, 1.82) is 0 Å². The van der Waals surface area contributed by atoms with Gasteiger partial charge in [0, 0.05) is 18.3 Å². The van der Waals surface area contributed by atoms with Crippen molar-refractivity contribution < 1.29 is 4.74 Å². The third-order valence-electron chi connectivity index (χ3n) is 3.31. The number of anilines is 1. The largest absolute Gasteiger partial charge is 0.437 e. The SMILES string of the molecule is CCc1cc(Oc2cccc3c2NCCC3)ncn1. The van der Waals surface area contributed by atoms with Crippen molar-refractivity contribution in [3.8, 4) is 11.6 Å². The molecule has 0 radical (unpaired) electrons. The Morgan fingerprint density at radius 2 is 2.26 bits per heavy atom. The van der Waals surface area contributed by atoms with Crippen LogP contribution in [0.3, 0.4) is 0 Å². The number of fused-ring (bicyclic) bond motifs is 1. The van der Waals surface area contributed by atoms with Gasteiger partial charge in [-0.1, -0.05) is 19.1 Å². The maximum Gasteiger partial charge on any atom is 0.222 e. The predicted octanol–water partition coefficient (Wildman–Crippen LogP) is 3.19. The number of ether oxygens (including phenoxy) is 1. The van der Waals surface area contributed by atoms with Gasteiger partial charge < -0.3 is 10.1 Å². The Hall–Kier alpha value is -2.10. The lowest BCUT2D eigenvalue weighted by atomic mass is 10.0. The second-order valence-corrected chi connectivity index (χ2v) is 4.62. The van der Waals surface area contributed by atoms with Gasteiger partial charge in [0.15, 0.2) is 5.75 Å². The van der Waals surface area contributed by atoms with Crippen molar-refractivity contribution in [2.24, 2.45) is 0 Å². The number of para-hydroxylation sites is 1. The summed E-state index contributed by atoms with van der Waals surface area (Å²) in [6.45, 7) is 3.06. The molecular formula is C15H17N3O. The molecule has 0 bridgehead atoms. The first-order valence-corrected chi connectivity index (χ1v) is 6.71. The minimum atomic E-state index is 0.604. The van der Waals surface area contributed by atoms with Crippen LogP contribution in [-0.4, -0.2) is 16.5 Å². The van der Waals surface area contributed by atoms with Crippen LogP contribution >= 0.6 is 0 Å². The number of nitrogens with one attached hydrogen (secondary N) is 1. The molecule has 1 aliphatic heterocycles. The first-order valence-electron chi connectivity index (χ1n) is 6.71. The van der Waals surface area contributed by atoms with Crippen molar-refractivity contribution in [1.82, 2.24) is 9.97 Å². The highest BCUT2D eigenvalue weighted by atomic mass is 16.5. The molecule has 4 nitrogen and oxygen atoms in total. The van der Waals surface area contributed by atoms with Gasteiger partial charge in [-0.2, -0.15) is 0 Å². The van der Waals surface area contributed by atoms with Crippen LogP contribution in [0.2, 0.25) is 0 Å².